The van der Waals surface area contributed by atoms with Crippen LogP contribution in [0, 0.1) is 23.8 Å². The van der Waals surface area contributed by atoms with E-state index in [4.69, 9.17) is 6.57 Å². The Bertz CT molecular complexity index is 764. The van der Waals surface area contributed by atoms with Crippen LogP contribution in [0.1, 0.15) is 18.1 Å². The quantitative estimate of drug-likeness (QED) is 0.504. The first-order chi connectivity index (χ1) is 9.26. The van der Waals surface area contributed by atoms with Gasteiger partial charge in [0.15, 0.2) is 0 Å². The summed E-state index contributed by atoms with van der Waals surface area (Å²) >= 11 is 0. The van der Waals surface area contributed by atoms with Crippen molar-refractivity contribution in [1.29, 1.82) is 5.26 Å². The SMILES string of the molecule is [C-]#[N+]/C(C#N)=C1\c2cccc3cccc(c23)CC1C. The molecule has 2 aromatic carbocycles. The van der Waals surface area contributed by atoms with Gasteiger partial charge in [-0.25, -0.2) is 10.1 Å². The van der Waals surface area contributed by atoms with E-state index < -0.39 is 0 Å². The maximum Gasteiger partial charge on any atom is 0.265 e. The van der Waals surface area contributed by atoms with Crippen molar-refractivity contribution >= 4 is 16.3 Å². The minimum absolute atomic E-state index is 0.212. The molecule has 19 heavy (non-hydrogen) atoms. The number of rotatable bonds is 0. The van der Waals surface area contributed by atoms with Crippen LogP contribution in [0.4, 0.5) is 0 Å². The Hall–Kier alpha value is -2.58. The molecule has 0 fully saturated rings. The summed E-state index contributed by atoms with van der Waals surface area (Å²) in [5.74, 6) is 0.212. The fourth-order valence-electron chi connectivity index (χ4n) is 3.02. The zero-order chi connectivity index (χ0) is 13.4. The zero-order valence-electron chi connectivity index (χ0n) is 10.6. The van der Waals surface area contributed by atoms with Gasteiger partial charge in [-0.3, -0.25) is 0 Å². The van der Waals surface area contributed by atoms with Crippen LogP contribution < -0.4 is 0 Å². The van der Waals surface area contributed by atoms with E-state index in [1.165, 1.54) is 16.3 Å². The third-order valence-corrected chi connectivity index (χ3v) is 3.77. The smallest absolute Gasteiger partial charge is 0.226 e. The molecule has 0 saturated heterocycles. The molecule has 2 heteroatoms. The van der Waals surface area contributed by atoms with Crippen LogP contribution >= 0.6 is 0 Å². The molecule has 2 aromatic rings. The summed E-state index contributed by atoms with van der Waals surface area (Å²) in [5.41, 5.74) is 3.50. The Kier molecular flexibility index (Phi) is 2.58. The predicted octanol–water partition coefficient (Wildman–Crippen LogP) is 4.19. The maximum atomic E-state index is 9.18. The first kappa shape index (κ1) is 11.5. The molecule has 0 aliphatic heterocycles. The van der Waals surface area contributed by atoms with E-state index in [0.29, 0.717) is 0 Å². The average Bonchev–Trinajstić information content (AvgIpc) is 2.43. The number of nitrogens with zero attached hydrogens (tertiary/aromatic N) is 2. The van der Waals surface area contributed by atoms with Crippen LogP contribution in [0.15, 0.2) is 42.1 Å². The van der Waals surface area contributed by atoms with Gasteiger partial charge in [0.05, 0.1) is 12.6 Å². The van der Waals surface area contributed by atoms with Gasteiger partial charge in [0.25, 0.3) is 5.70 Å². The lowest BCUT2D eigenvalue weighted by atomic mass is 9.78. The Labute approximate surface area is 112 Å². The second kappa shape index (κ2) is 4.26. The molecular formula is C17H12N2. The largest absolute Gasteiger partial charge is 0.265 e. The van der Waals surface area contributed by atoms with Crippen LogP contribution in [0.25, 0.3) is 21.2 Å². The average molecular weight is 244 g/mol. The van der Waals surface area contributed by atoms with Gasteiger partial charge >= 0.3 is 0 Å². The van der Waals surface area contributed by atoms with Gasteiger partial charge in [-0.15, -0.1) is 0 Å². The van der Waals surface area contributed by atoms with Gasteiger partial charge in [-0.1, -0.05) is 43.3 Å². The van der Waals surface area contributed by atoms with Crippen molar-refractivity contribution < 1.29 is 0 Å². The van der Waals surface area contributed by atoms with E-state index in [1.807, 2.05) is 12.1 Å². The molecule has 1 unspecified atom stereocenters. The third kappa shape index (κ3) is 1.62. The summed E-state index contributed by atoms with van der Waals surface area (Å²) in [5, 5.41) is 11.6. The molecule has 0 heterocycles. The first-order valence-corrected chi connectivity index (χ1v) is 6.29. The maximum absolute atomic E-state index is 9.18. The number of allylic oxidation sites excluding steroid dienone is 2. The fourth-order valence-corrected chi connectivity index (χ4v) is 3.02. The Morgan fingerprint density at radius 2 is 2.05 bits per heavy atom. The molecule has 0 N–H and O–H groups in total. The summed E-state index contributed by atoms with van der Waals surface area (Å²) in [4.78, 5) is 3.41. The van der Waals surface area contributed by atoms with E-state index in [2.05, 4.69) is 42.1 Å². The Morgan fingerprint density at radius 3 is 2.74 bits per heavy atom. The summed E-state index contributed by atoms with van der Waals surface area (Å²) in [6.07, 6.45) is 0.893. The van der Waals surface area contributed by atoms with E-state index >= 15 is 0 Å². The zero-order valence-corrected chi connectivity index (χ0v) is 10.6. The monoisotopic (exact) mass is 244 g/mol. The van der Waals surface area contributed by atoms with Gasteiger partial charge in [0.1, 0.15) is 0 Å². The van der Waals surface area contributed by atoms with Crippen molar-refractivity contribution in [3.8, 4) is 6.07 Å². The van der Waals surface area contributed by atoms with E-state index in [-0.39, 0.29) is 11.6 Å². The Morgan fingerprint density at radius 1 is 1.32 bits per heavy atom. The highest BCUT2D eigenvalue weighted by atomic mass is 14.7. The highest BCUT2D eigenvalue weighted by molar-refractivity contribution is 5.99. The lowest BCUT2D eigenvalue weighted by Crippen LogP contribution is -2.11. The summed E-state index contributed by atoms with van der Waals surface area (Å²) in [6.45, 7) is 9.30. The van der Waals surface area contributed by atoms with Crippen molar-refractivity contribution in [3.05, 3.63) is 64.6 Å². The van der Waals surface area contributed by atoms with Gasteiger partial charge in [0, 0.05) is 0 Å². The normalized spacial score (nSPS) is 19.6. The second-order valence-electron chi connectivity index (χ2n) is 4.91. The van der Waals surface area contributed by atoms with Crippen molar-refractivity contribution in [2.75, 3.05) is 0 Å². The lowest BCUT2D eigenvalue weighted by Gasteiger charge is -2.26. The molecule has 0 aromatic heterocycles. The number of benzene rings is 2. The van der Waals surface area contributed by atoms with Crippen molar-refractivity contribution in [3.63, 3.8) is 0 Å². The molecule has 0 radical (unpaired) electrons. The van der Waals surface area contributed by atoms with E-state index in [0.717, 1.165) is 17.6 Å². The molecule has 0 spiro atoms. The summed E-state index contributed by atoms with van der Waals surface area (Å²) in [7, 11) is 0. The van der Waals surface area contributed by atoms with Crippen LogP contribution in [-0.4, -0.2) is 0 Å². The standard InChI is InChI=1S/C17H12N2/c1-11-9-13-7-3-5-12-6-4-8-14(17(12)13)16(11)15(10-18)19-2/h3-8,11H,9H2,1H3/b16-15-. The summed E-state index contributed by atoms with van der Waals surface area (Å²) in [6, 6.07) is 14.5. The molecule has 1 aliphatic carbocycles. The molecule has 0 amide bonds. The fraction of sp³-hybridized carbons (Fsp3) is 0.176. The third-order valence-electron chi connectivity index (χ3n) is 3.77. The topological polar surface area (TPSA) is 28.1 Å². The second-order valence-corrected chi connectivity index (χ2v) is 4.91. The van der Waals surface area contributed by atoms with Gasteiger partial charge in [0.2, 0.25) is 0 Å². The van der Waals surface area contributed by atoms with Gasteiger partial charge in [-0.2, -0.15) is 0 Å². The molecular weight excluding hydrogens is 232 g/mol. The molecule has 2 nitrogen and oxygen atoms in total. The highest BCUT2D eigenvalue weighted by Crippen LogP contribution is 2.40. The van der Waals surface area contributed by atoms with E-state index in [9.17, 15) is 5.26 Å². The first-order valence-electron chi connectivity index (χ1n) is 6.29. The molecule has 1 aliphatic rings. The van der Waals surface area contributed by atoms with Crippen LogP contribution in [0.2, 0.25) is 0 Å². The number of nitriles is 1. The Balaban J connectivity index is 2.46. The minimum atomic E-state index is 0.212. The van der Waals surface area contributed by atoms with Gasteiger partial charge in [-0.05, 0) is 39.8 Å². The summed E-state index contributed by atoms with van der Waals surface area (Å²) < 4.78 is 0. The minimum Gasteiger partial charge on any atom is -0.226 e. The molecule has 90 valence electrons. The lowest BCUT2D eigenvalue weighted by molar-refractivity contribution is 0.737. The van der Waals surface area contributed by atoms with Crippen LogP contribution in [-0.2, 0) is 6.42 Å². The number of hydrogen-bond donors (Lipinski definition) is 0. The van der Waals surface area contributed by atoms with Crippen molar-refractivity contribution in [2.24, 2.45) is 5.92 Å². The molecule has 0 bridgehead atoms. The van der Waals surface area contributed by atoms with Crippen LogP contribution in [0.3, 0.4) is 0 Å². The van der Waals surface area contributed by atoms with Crippen molar-refractivity contribution in [1.82, 2.24) is 0 Å². The predicted molar refractivity (Wildman–Crippen MR) is 76.0 cm³/mol. The van der Waals surface area contributed by atoms with E-state index in [1.54, 1.807) is 0 Å². The molecule has 0 saturated carbocycles. The van der Waals surface area contributed by atoms with Gasteiger partial charge < -0.3 is 0 Å². The molecule has 3 rings (SSSR count). The molecule has 1 atom stereocenters. The highest BCUT2D eigenvalue weighted by Gasteiger charge is 2.24. The van der Waals surface area contributed by atoms with Crippen LogP contribution in [0.5, 0.6) is 0 Å². The number of hydrogen-bond acceptors (Lipinski definition) is 1. The van der Waals surface area contributed by atoms with Crippen molar-refractivity contribution in [2.45, 2.75) is 13.3 Å².